The third kappa shape index (κ3) is 3.79. The monoisotopic (exact) mass is 540 g/mol. The minimum Gasteiger partial charge on any atom is -0.0622 e. The summed E-state index contributed by atoms with van der Waals surface area (Å²) in [5, 5.41) is 9.59. The van der Waals surface area contributed by atoms with E-state index in [1.165, 1.54) is 82.0 Å². The lowest BCUT2D eigenvalue weighted by molar-refractivity contribution is 1.49. The fourth-order valence-corrected chi connectivity index (χ4v) is 9.24. The van der Waals surface area contributed by atoms with Gasteiger partial charge in [0.25, 0.3) is 0 Å². The molecule has 7 aromatic carbocycles. The van der Waals surface area contributed by atoms with Crippen molar-refractivity contribution in [3.63, 3.8) is 0 Å². The molecule has 194 valence electrons. The lowest BCUT2D eigenvalue weighted by Crippen LogP contribution is -2.23. The molecule has 1 aliphatic carbocycles. The van der Waals surface area contributed by atoms with Crippen molar-refractivity contribution >= 4 is 45.4 Å². The number of rotatable bonds is 4. The van der Waals surface area contributed by atoms with E-state index in [1.807, 2.05) is 0 Å². The number of hydrogen-bond acceptors (Lipinski definition) is 0. The van der Waals surface area contributed by atoms with Gasteiger partial charge in [-0.05, 0) is 87.3 Å². The predicted octanol–water partition coefficient (Wildman–Crippen LogP) is 9.68. The molecule has 41 heavy (non-hydrogen) atoms. The normalized spacial score (nSPS) is 11.9. The molecule has 0 amide bonds. The first-order valence-electron chi connectivity index (χ1n) is 14.3. The highest BCUT2D eigenvalue weighted by atomic mass is 31.1. The predicted molar refractivity (Wildman–Crippen MR) is 179 cm³/mol. The second-order valence-corrected chi connectivity index (χ2v) is 13.3. The van der Waals surface area contributed by atoms with Crippen LogP contribution >= 0.6 is 7.92 Å². The minimum absolute atomic E-state index is 0.840. The molecule has 8 rings (SSSR count). The van der Waals surface area contributed by atoms with Gasteiger partial charge in [0.2, 0.25) is 0 Å². The van der Waals surface area contributed by atoms with Crippen molar-refractivity contribution in [2.45, 2.75) is 13.8 Å². The second-order valence-electron chi connectivity index (χ2n) is 11.1. The van der Waals surface area contributed by atoms with Gasteiger partial charge in [0.1, 0.15) is 0 Å². The van der Waals surface area contributed by atoms with E-state index >= 15 is 0 Å². The molecule has 0 aromatic heterocycles. The van der Waals surface area contributed by atoms with Gasteiger partial charge < -0.3 is 0 Å². The zero-order valence-electron chi connectivity index (χ0n) is 23.2. The summed E-state index contributed by atoms with van der Waals surface area (Å²) in [5.74, 6) is 0. The van der Waals surface area contributed by atoms with Crippen LogP contribution in [0.4, 0.5) is 0 Å². The molecule has 1 heteroatoms. The van der Waals surface area contributed by atoms with E-state index in [0.29, 0.717) is 0 Å². The quantitative estimate of drug-likeness (QED) is 0.195. The van der Waals surface area contributed by atoms with Crippen LogP contribution < -0.4 is 15.9 Å². The van der Waals surface area contributed by atoms with Crippen LogP contribution in [0.25, 0.3) is 54.9 Å². The summed E-state index contributed by atoms with van der Waals surface area (Å²) in [6.07, 6.45) is 0. The van der Waals surface area contributed by atoms with Crippen molar-refractivity contribution in [2.24, 2.45) is 0 Å². The first-order chi connectivity index (χ1) is 20.2. The fourth-order valence-electron chi connectivity index (χ4n) is 6.64. The van der Waals surface area contributed by atoms with E-state index in [2.05, 4.69) is 153 Å². The van der Waals surface area contributed by atoms with Gasteiger partial charge >= 0.3 is 0 Å². The summed E-state index contributed by atoms with van der Waals surface area (Å²) >= 11 is 0. The molecule has 0 aliphatic heterocycles. The molecule has 0 bridgehead atoms. The lowest BCUT2D eigenvalue weighted by atomic mass is 9.88. The molecule has 0 N–H and O–H groups in total. The Labute approximate surface area is 242 Å². The summed E-state index contributed by atoms with van der Waals surface area (Å²) in [7, 11) is -0.840. The summed E-state index contributed by atoms with van der Waals surface area (Å²) in [6, 6.07) is 52.3. The minimum atomic E-state index is -0.840. The maximum Gasteiger partial charge on any atom is 0.00129 e. The van der Waals surface area contributed by atoms with Crippen LogP contribution in [0.5, 0.6) is 0 Å². The van der Waals surface area contributed by atoms with Crippen molar-refractivity contribution in [1.29, 1.82) is 0 Å². The van der Waals surface area contributed by atoms with Crippen LogP contribution in [-0.2, 0) is 0 Å². The van der Waals surface area contributed by atoms with Gasteiger partial charge in [0.15, 0.2) is 0 Å². The number of hydrogen-bond donors (Lipinski definition) is 0. The Hall–Kier alpha value is -4.51. The van der Waals surface area contributed by atoms with Crippen LogP contribution in [0, 0.1) is 13.8 Å². The highest BCUT2D eigenvalue weighted by Gasteiger charge is 2.33. The molecular formula is C40H29P. The number of fused-ring (bicyclic) bond motifs is 4. The zero-order chi connectivity index (χ0) is 27.5. The maximum absolute atomic E-state index is 2.36. The van der Waals surface area contributed by atoms with E-state index in [-0.39, 0.29) is 0 Å². The summed E-state index contributed by atoms with van der Waals surface area (Å²) in [6.45, 7) is 4.36. The lowest BCUT2D eigenvalue weighted by Gasteiger charge is -2.27. The first kappa shape index (κ1) is 24.3. The Morgan fingerprint density at radius 3 is 1.56 bits per heavy atom. The number of benzene rings is 7. The molecular weight excluding hydrogens is 511 g/mol. The molecule has 0 saturated heterocycles. The third-order valence-corrected chi connectivity index (χ3v) is 11.0. The highest BCUT2D eigenvalue weighted by Crippen LogP contribution is 2.55. The van der Waals surface area contributed by atoms with E-state index in [1.54, 1.807) is 0 Å². The topological polar surface area (TPSA) is 0 Å². The molecule has 0 spiro atoms. The SMILES string of the molecule is Cc1ccc(P(c2ccc(C)cc2)c2c3c(c(-c4ccccc4)c4ccccc24)-c2cccc4cccc-3c24)cc1. The third-order valence-electron chi connectivity index (χ3n) is 8.50. The van der Waals surface area contributed by atoms with Gasteiger partial charge in [-0.3, -0.25) is 0 Å². The van der Waals surface area contributed by atoms with Gasteiger partial charge in [-0.2, -0.15) is 0 Å². The molecule has 0 nitrogen and oxygen atoms in total. The Morgan fingerprint density at radius 2 is 0.951 bits per heavy atom. The molecule has 0 saturated carbocycles. The Morgan fingerprint density at radius 1 is 0.415 bits per heavy atom. The van der Waals surface area contributed by atoms with Crippen molar-refractivity contribution in [2.75, 3.05) is 0 Å². The molecule has 0 heterocycles. The van der Waals surface area contributed by atoms with E-state index < -0.39 is 7.92 Å². The van der Waals surface area contributed by atoms with Crippen LogP contribution in [-0.4, -0.2) is 0 Å². The van der Waals surface area contributed by atoms with Crippen molar-refractivity contribution in [3.05, 3.63) is 151 Å². The van der Waals surface area contributed by atoms with Crippen molar-refractivity contribution < 1.29 is 0 Å². The second kappa shape index (κ2) is 9.55. The van der Waals surface area contributed by atoms with E-state index in [9.17, 15) is 0 Å². The standard InChI is InChI=1S/C40H29P/c1-26-18-22-30(23-19-26)41(31-24-20-27(2)21-25-31)40-33-15-7-6-14-32(33)37(29-10-4-3-5-11-29)38-34-16-8-12-28-13-9-17-35(36(28)34)39(38)40/h3-25H,1-2H3. The molecule has 0 unspecified atom stereocenters. The zero-order valence-corrected chi connectivity index (χ0v) is 24.1. The van der Waals surface area contributed by atoms with Crippen LogP contribution in [0.3, 0.4) is 0 Å². The first-order valence-corrected chi connectivity index (χ1v) is 15.6. The smallest absolute Gasteiger partial charge is 0.00129 e. The van der Waals surface area contributed by atoms with Crippen molar-refractivity contribution in [3.8, 4) is 33.4 Å². The van der Waals surface area contributed by atoms with Gasteiger partial charge in [-0.25, -0.2) is 0 Å². The van der Waals surface area contributed by atoms with Crippen LogP contribution in [0.15, 0.2) is 140 Å². The van der Waals surface area contributed by atoms with Crippen molar-refractivity contribution in [1.82, 2.24) is 0 Å². The van der Waals surface area contributed by atoms with Gasteiger partial charge in [-0.15, -0.1) is 0 Å². The Kier molecular flexibility index (Phi) is 5.66. The molecule has 0 atom stereocenters. The summed E-state index contributed by atoms with van der Waals surface area (Å²) < 4.78 is 0. The highest BCUT2D eigenvalue weighted by molar-refractivity contribution is 7.80. The average molecular weight is 541 g/mol. The fraction of sp³-hybridized carbons (Fsp3) is 0.0500. The summed E-state index contributed by atoms with van der Waals surface area (Å²) in [5.41, 5.74) is 10.7. The average Bonchev–Trinajstić information content (AvgIpc) is 3.35. The Bertz CT molecular complexity index is 2030. The Balaban J connectivity index is 1.59. The molecule has 0 fully saturated rings. The molecule has 7 aromatic rings. The summed E-state index contributed by atoms with van der Waals surface area (Å²) in [4.78, 5) is 0. The van der Waals surface area contributed by atoms with E-state index in [4.69, 9.17) is 0 Å². The van der Waals surface area contributed by atoms with Crippen LogP contribution in [0.1, 0.15) is 11.1 Å². The number of aryl methyl sites for hydroxylation is 2. The molecule has 0 radical (unpaired) electrons. The van der Waals surface area contributed by atoms with Gasteiger partial charge in [-0.1, -0.05) is 151 Å². The maximum atomic E-state index is 2.36. The largest absolute Gasteiger partial charge is 0.0622 e. The van der Waals surface area contributed by atoms with Crippen LogP contribution in [0.2, 0.25) is 0 Å². The van der Waals surface area contributed by atoms with Gasteiger partial charge in [0, 0.05) is 5.30 Å². The molecule has 1 aliphatic rings. The van der Waals surface area contributed by atoms with Gasteiger partial charge in [0.05, 0.1) is 0 Å². The van der Waals surface area contributed by atoms with E-state index in [0.717, 1.165) is 0 Å².